The fourth-order valence-electron chi connectivity index (χ4n) is 2.52. The summed E-state index contributed by atoms with van der Waals surface area (Å²) < 4.78 is 0. The van der Waals surface area contributed by atoms with Gasteiger partial charge in [0, 0.05) is 22.6 Å². The van der Waals surface area contributed by atoms with E-state index in [1.807, 2.05) is 17.8 Å². The molecule has 0 amide bonds. The maximum atomic E-state index is 9.05. The molecule has 0 bridgehead atoms. The lowest BCUT2D eigenvalue weighted by Gasteiger charge is -2.28. The molecule has 106 valence electrons. The Kier molecular flexibility index (Phi) is 6.02. The van der Waals surface area contributed by atoms with Crippen LogP contribution in [0.2, 0.25) is 5.02 Å². The number of benzene rings is 1. The molecule has 0 saturated heterocycles. The molecular weight excluding hydrogens is 278 g/mol. The third kappa shape index (κ3) is 4.12. The van der Waals surface area contributed by atoms with Gasteiger partial charge in [-0.15, -0.1) is 11.8 Å². The van der Waals surface area contributed by atoms with Gasteiger partial charge in [-0.25, -0.2) is 0 Å². The number of aliphatic hydroxyl groups is 1. The standard InChI is InChI=1S/C15H22ClNOS/c1-2-11(5-7-18)10-17-14-6-8-19-15-4-3-12(16)9-13(14)15/h3-4,9,11,14,17-18H,2,5-8,10H2,1H3. The third-order valence-corrected chi connectivity index (χ3v) is 5.14. The minimum absolute atomic E-state index is 0.281. The molecular formula is C15H22ClNOS. The number of halogens is 1. The number of nitrogens with one attached hydrogen (secondary N) is 1. The van der Waals surface area contributed by atoms with E-state index in [1.54, 1.807) is 0 Å². The second-order valence-electron chi connectivity index (χ2n) is 5.07. The van der Waals surface area contributed by atoms with Crippen molar-refractivity contribution in [2.45, 2.75) is 37.1 Å². The number of fused-ring (bicyclic) bond motifs is 1. The number of aliphatic hydroxyl groups excluding tert-OH is 1. The van der Waals surface area contributed by atoms with Crippen LogP contribution in [0.1, 0.15) is 37.8 Å². The Hall–Kier alpha value is -0.220. The molecule has 0 fully saturated rings. The molecule has 19 heavy (non-hydrogen) atoms. The van der Waals surface area contributed by atoms with Crippen LogP contribution in [-0.4, -0.2) is 24.0 Å². The number of hydrogen-bond acceptors (Lipinski definition) is 3. The molecule has 0 radical (unpaired) electrons. The topological polar surface area (TPSA) is 32.3 Å². The van der Waals surface area contributed by atoms with Crippen LogP contribution in [0.25, 0.3) is 0 Å². The highest BCUT2D eigenvalue weighted by Gasteiger charge is 2.21. The lowest BCUT2D eigenvalue weighted by molar-refractivity contribution is 0.248. The summed E-state index contributed by atoms with van der Waals surface area (Å²) in [6.07, 6.45) is 3.14. The summed E-state index contributed by atoms with van der Waals surface area (Å²) in [4.78, 5) is 1.35. The minimum atomic E-state index is 0.281. The van der Waals surface area contributed by atoms with E-state index in [0.717, 1.165) is 36.6 Å². The first kappa shape index (κ1) is 15.2. The summed E-state index contributed by atoms with van der Waals surface area (Å²) in [5.41, 5.74) is 1.34. The summed E-state index contributed by atoms with van der Waals surface area (Å²) in [5.74, 6) is 1.71. The predicted molar refractivity (Wildman–Crippen MR) is 83.0 cm³/mol. The second kappa shape index (κ2) is 7.53. The summed E-state index contributed by atoms with van der Waals surface area (Å²) in [6.45, 7) is 3.44. The van der Waals surface area contributed by atoms with Crippen molar-refractivity contribution in [1.29, 1.82) is 0 Å². The average molecular weight is 300 g/mol. The Morgan fingerprint density at radius 1 is 1.53 bits per heavy atom. The molecule has 2 N–H and O–H groups in total. The van der Waals surface area contributed by atoms with Gasteiger partial charge in [-0.2, -0.15) is 0 Å². The normalized spacial score (nSPS) is 20.1. The summed E-state index contributed by atoms with van der Waals surface area (Å²) >= 11 is 8.02. The monoisotopic (exact) mass is 299 g/mol. The Morgan fingerprint density at radius 3 is 3.11 bits per heavy atom. The van der Waals surface area contributed by atoms with E-state index < -0.39 is 0 Å². The van der Waals surface area contributed by atoms with Gasteiger partial charge in [-0.3, -0.25) is 0 Å². The van der Waals surface area contributed by atoms with Gasteiger partial charge in [0.2, 0.25) is 0 Å². The number of thioether (sulfide) groups is 1. The highest BCUT2D eigenvalue weighted by atomic mass is 35.5. The second-order valence-corrected chi connectivity index (χ2v) is 6.64. The predicted octanol–water partition coefficient (Wildman–Crippen LogP) is 3.88. The molecule has 0 aromatic heterocycles. The molecule has 1 aromatic rings. The average Bonchev–Trinajstić information content (AvgIpc) is 2.43. The van der Waals surface area contributed by atoms with Crippen LogP contribution in [0.5, 0.6) is 0 Å². The first-order valence-electron chi connectivity index (χ1n) is 7.01. The largest absolute Gasteiger partial charge is 0.396 e. The first-order valence-corrected chi connectivity index (χ1v) is 8.37. The zero-order valence-corrected chi connectivity index (χ0v) is 12.9. The van der Waals surface area contributed by atoms with Crippen LogP contribution in [0.4, 0.5) is 0 Å². The summed E-state index contributed by atoms with van der Waals surface area (Å²) in [6, 6.07) is 6.59. The minimum Gasteiger partial charge on any atom is -0.396 e. The van der Waals surface area contributed by atoms with Gasteiger partial charge < -0.3 is 10.4 Å². The molecule has 2 rings (SSSR count). The first-order chi connectivity index (χ1) is 9.24. The fraction of sp³-hybridized carbons (Fsp3) is 0.600. The highest BCUT2D eigenvalue weighted by Crippen LogP contribution is 2.37. The number of rotatable bonds is 6. The Bertz CT molecular complexity index is 413. The van der Waals surface area contributed by atoms with Crippen molar-refractivity contribution in [3.05, 3.63) is 28.8 Å². The molecule has 4 heteroatoms. The molecule has 1 aliphatic heterocycles. The van der Waals surface area contributed by atoms with Gasteiger partial charge in [0.15, 0.2) is 0 Å². The van der Waals surface area contributed by atoms with Gasteiger partial charge in [-0.1, -0.05) is 24.9 Å². The molecule has 1 aliphatic rings. The number of hydrogen-bond donors (Lipinski definition) is 2. The van der Waals surface area contributed by atoms with Gasteiger partial charge >= 0.3 is 0 Å². The molecule has 0 saturated carbocycles. The van der Waals surface area contributed by atoms with E-state index in [0.29, 0.717) is 12.0 Å². The maximum Gasteiger partial charge on any atom is 0.0434 e. The smallest absolute Gasteiger partial charge is 0.0434 e. The maximum absolute atomic E-state index is 9.05. The van der Waals surface area contributed by atoms with Crippen LogP contribution < -0.4 is 5.32 Å². The zero-order valence-electron chi connectivity index (χ0n) is 11.4. The molecule has 0 spiro atoms. The van der Waals surface area contributed by atoms with Crippen molar-refractivity contribution in [3.63, 3.8) is 0 Å². The van der Waals surface area contributed by atoms with Crippen LogP contribution in [-0.2, 0) is 0 Å². The van der Waals surface area contributed by atoms with Gasteiger partial charge in [0.25, 0.3) is 0 Å². The lowest BCUT2D eigenvalue weighted by atomic mass is 9.99. The quantitative estimate of drug-likeness (QED) is 0.836. The summed E-state index contributed by atoms with van der Waals surface area (Å²) in [7, 11) is 0. The van der Waals surface area contributed by atoms with Crippen molar-refractivity contribution in [2.24, 2.45) is 5.92 Å². The Balaban J connectivity index is 2.00. The van der Waals surface area contributed by atoms with Crippen LogP contribution in [0.15, 0.2) is 23.1 Å². The molecule has 2 nitrogen and oxygen atoms in total. The van der Waals surface area contributed by atoms with Crippen LogP contribution in [0, 0.1) is 5.92 Å². The summed E-state index contributed by atoms with van der Waals surface area (Å²) in [5, 5.41) is 13.5. The van der Waals surface area contributed by atoms with E-state index in [1.165, 1.54) is 10.5 Å². The third-order valence-electron chi connectivity index (χ3n) is 3.78. The van der Waals surface area contributed by atoms with Crippen LogP contribution >= 0.6 is 23.4 Å². The zero-order chi connectivity index (χ0) is 13.7. The SMILES string of the molecule is CCC(CCO)CNC1CCSc2ccc(Cl)cc21. The van der Waals surface area contributed by atoms with Crippen LogP contribution in [0.3, 0.4) is 0 Å². The van der Waals surface area contributed by atoms with E-state index in [4.69, 9.17) is 16.7 Å². The molecule has 2 unspecified atom stereocenters. The van der Waals surface area contributed by atoms with Crippen molar-refractivity contribution in [1.82, 2.24) is 5.32 Å². The van der Waals surface area contributed by atoms with E-state index in [-0.39, 0.29) is 6.61 Å². The Labute approximate surface area is 124 Å². The highest BCUT2D eigenvalue weighted by molar-refractivity contribution is 7.99. The molecule has 1 heterocycles. The van der Waals surface area contributed by atoms with Crippen molar-refractivity contribution in [2.75, 3.05) is 18.9 Å². The molecule has 0 aliphatic carbocycles. The lowest BCUT2D eigenvalue weighted by Crippen LogP contribution is -2.29. The van der Waals surface area contributed by atoms with Gasteiger partial charge in [0.1, 0.15) is 0 Å². The van der Waals surface area contributed by atoms with Crippen molar-refractivity contribution < 1.29 is 5.11 Å². The van der Waals surface area contributed by atoms with Crippen molar-refractivity contribution >= 4 is 23.4 Å². The van der Waals surface area contributed by atoms with E-state index in [2.05, 4.69) is 24.4 Å². The van der Waals surface area contributed by atoms with Gasteiger partial charge in [0.05, 0.1) is 0 Å². The Morgan fingerprint density at radius 2 is 2.37 bits per heavy atom. The van der Waals surface area contributed by atoms with Crippen molar-refractivity contribution in [3.8, 4) is 0 Å². The van der Waals surface area contributed by atoms with E-state index in [9.17, 15) is 0 Å². The van der Waals surface area contributed by atoms with E-state index >= 15 is 0 Å². The molecule has 1 aromatic carbocycles. The molecule has 2 atom stereocenters. The van der Waals surface area contributed by atoms with Gasteiger partial charge in [-0.05, 0) is 54.8 Å². The fourth-order valence-corrected chi connectivity index (χ4v) is 3.81.